The Labute approximate surface area is 182 Å². The van der Waals surface area contributed by atoms with Gasteiger partial charge in [0.05, 0.1) is 41.2 Å². The van der Waals surface area contributed by atoms with Crippen LogP contribution < -0.4 is 16.0 Å². The van der Waals surface area contributed by atoms with E-state index in [4.69, 9.17) is 15.2 Å². The molecule has 0 radical (unpaired) electrons. The predicted molar refractivity (Wildman–Crippen MR) is 115 cm³/mol. The molecule has 4 heterocycles. The maximum absolute atomic E-state index is 14.4. The average Bonchev–Trinajstić information content (AvgIpc) is 3.15. The van der Waals surface area contributed by atoms with Crippen LogP contribution in [0.15, 0.2) is 16.9 Å². The average molecular weight is 439 g/mol. The van der Waals surface area contributed by atoms with E-state index in [0.29, 0.717) is 47.3 Å². The number of carbonyl (C=O) groups is 1. The third-order valence-electron chi connectivity index (χ3n) is 6.55. The molecule has 166 valence electrons. The molecule has 0 amide bonds. The monoisotopic (exact) mass is 439 g/mol. The Morgan fingerprint density at radius 1 is 1.41 bits per heavy atom. The molecule has 9 heteroatoms. The normalized spacial score (nSPS) is 15.6. The van der Waals surface area contributed by atoms with Gasteiger partial charge in [-0.1, -0.05) is 6.92 Å². The van der Waals surface area contributed by atoms with Crippen molar-refractivity contribution in [3.05, 3.63) is 50.6 Å². The standard InChI is InChI=1S/C23H22FN3O5/c1-3-23(2,30)14-6-17-20-12(8-27(17)22(29)13(14)9-31-10-28)11-4-5-32-21-18(11)16(26-20)7-15(24)19(21)25/h6-7,10,30H,3-5,8-9,25H2,1-2H3. The summed E-state index contributed by atoms with van der Waals surface area (Å²) in [5.41, 5.74) is 8.06. The highest BCUT2D eigenvalue weighted by molar-refractivity contribution is 5.97. The molecule has 0 aliphatic carbocycles. The van der Waals surface area contributed by atoms with Crippen LogP contribution in [0.3, 0.4) is 0 Å². The van der Waals surface area contributed by atoms with Crippen LogP contribution in [-0.2, 0) is 34.7 Å². The van der Waals surface area contributed by atoms with Gasteiger partial charge in [0, 0.05) is 23.4 Å². The molecule has 0 bridgehead atoms. The summed E-state index contributed by atoms with van der Waals surface area (Å²) in [5.74, 6) is -0.325. The quantitative estimate of drug-likeness (QED) is 0.362. The highest BCUT2D eigenvalue weighted by Gasteiger charge is 2.34. The summed E-state index contributed by atoms with van der Waals surface area (Å²) < 4.78 is 26.5. The maximum atomic E-state index is 14.4. The van der Waals surface area contributed by atoms with Crippen molar-refractivity contribution in [2.45, 2.75) is 45.4 Å². The van der Waals surface area contributed by atoms with Crippen molar-refractivity contribution in [2.24, 2.45) is 0 Å². The van der Waals surface area contributed by atoms with Gasteiger partial charge in [-0.05, 0) is 30.5 Å². The van der Waals surface area contributed by atoms with E-state index in [0.717, 1.165) is 11.1 Å². The first-order chi connectivity index (χ1) is 15.3. The van der Waals surface area contributed by atoms with Gasteiger partial charge < -0.3 is 24.9 Å². The first-order valence-electron chi connectivity index (χ1n) is 10.4. The van der Waals surface area contributed by atoms with Crippen molar-refractivity contribution in [3.63, 3.8) is 0 Å². The molecule has 5 rings (SSSR count). The molecule has 3 aromatic rings. The molecule has 0 saturated carbocycles. The summed E-state index contributed by atoms with van der Waals surface area (Å²) in [6.45, 7) is 4.04. The van der Waals surface area contributed by atoms with E-state index in [1.807, 2.05) is 0 Å². The van der Waals surface area contributed by atoms with E-state index in [1.54, 1.807) is 24.5 Å². The Bertz CT molecular complexity index is 1360. The maximum Gasteiger partial charge on any atom is 0.293 e. The fourth-order valence-corrected chi connectivity index (χ4v) is 4.68. The Hall–Kier alpha value is -3.46. The molecule has 0 fully saturated rings. The van der Waals surface area contributed by atoms with Gasteiger partial charge in [-0.3, -0.25) is 9.59 Å². The summed E-state index contributed by atoms with van der Waals surface area (Å²) >= 11 is 0. The molecule has 1 aromatic carbocycles. The molecule has 2 aliphatic rings. The third-order valence-corrected chi connectivity index (χ3v) is 6.55. The van der Waals surface area contributed by atoms with E-state index < -0.39 is 11.4 Å². The molecular formula is C23H22FN3O5. The van der Waals surface area contributed by atoms with Crippen LogP contribution in [-0.4, -0.2) is 27.7 Å². The van der Waals surface area contributed by atoms with Crippen LogP contribution in [0.5, 0.6) is 5.75 Å². The number of hydrogen-bond donors (Lipinski definition) is 2. The lowest BCUT2D eigenvalue weighted by Crippen LogP contribution is -2.31. The number of ether oxygens (including phenoxy) is 2. The van der Waals surface area contributed by atoms with Crippen molar-refractivity contribution in [3.8, 4) is 17.1 Å². The van der Waals surface area contributed by atoms with Gasteiger partial charge in [0.2, 0.25) is 0 Å². The molecule has 1 unspecified atom stereocenters. The lowest BCUT2D eigenvalue weighted by Gasteiger charge is -2.25. The fourth-order valence-electron chi connectivity index (χ4n) is 4.68. The molecule has 0 saturated heterocycles. The highest BCUT2D eigenvalue weighted by Crippen LogP contribution is 2.44. The van der Waals surface area contributed by atoms with Crippen molar-refractivity contribution >= 4 is 23.1 Å². The zero-order valence-corrected chi connectivity index (χ0v) is 17.7. The largest absolute Gasteiger partial charge is 0.490 e. The van der Waals surface area contributed by atoms with Gasteiger partial charge >= 0.3 is 0 Å². The Morgan fingerprint density at radius 3 is 2.91 bits per heavy atom. The predicted octanol–water partition coefficient (Wildman–Crippen LogP) is 2.37. The summed E-state index contributed by atoms with van der Waals surface area (Å²) in [7, 11) is 0. The van der Waals surface area contributed by atoms with E-state index in [1.165, 1.54) is 6.07 Å². The van der Waals surface area contributed by atoms with Crippen molar-refractivity contribution in [1.82, 2.24) is 9.55 Å². The second-order valence-electron chi connectivity index (χ2n) is 8.36. The number of nitrogens with two attached hydrogens (primary N) is 1. The zero-order chi connectivity index (χ0) is 22.8. The number of nitrogens with zero attached hydrogens (tertiary/aromatic N) is 2. The minimum absolute atomic E-state index is 0.0533. The lowest BCUT2D eigenvalue weighted by molar-refractivity contribution is -0.129. The molecule has 0 spiro atoms. The zero-order valence-electron chi connectivity index (χ0n) is 17.7. The van der Waals surface area contributed by atoms with E-state index in [-0.39, 0.29) is 42.2 Å². The Morgan fingerprint density at radius 2 is 2.19 bits per heavy atom. The number of aliphatic hydroxyl groups is 1. The number of carbonyl (C=O) groups excluding carboxylic acids is 1. The lowest BCUT2D eigenvalue weighted by atomic mass is 9.89. The first kappa shape index (κ1) is 20.4. The number of pyridine rings is 2. The number of rotatable bonds is 5. The molecule has 3 N–H and O–H groups in total. The van der Waals surface area contributed by atoms with Crippen molar-refractivity contribution in [2.75, 3.05) is 12.3 Å². The van der Waals surface area contributed by atoms with Crippen LogP contribution in [0, 0.1) is 5.82 Å². The number of aromatic nitrogens is 2. The molecule has 8 nitrogen and oxygen atoms in total. The number of halogens is 1. The number of nitrogen functional groups attached to an aromatic ring is 1. The van der Waals surface area contributed by atoms with Gasteiger partial charge in [0.25, 0.3) is 12.0 Å². The van der Waals surface area contributed by atoms with E-state index in [9.17, 15) is 19.1 Å². The molecule has 1 atom stereocenters. The summed E-state index contributed by atoms with van der Waals surface area (Å²) in [6.07, 6.45) is 0.918. The van der Waals surface area contributed by atoms with Gasteiger partial charge in [-0.15, -0.1) is 0 Å². The topological polar surface area (TPSA) is 117 Å². The van der Waals surface area contributed by atoms with Gasteiger partial charge in [-0.2, -0.15) is 0 Å². The first-order valence-corrected chi connectivity index (χ1v) is 10.4. The Kier molecular flexibility index (Phi) is 4.49. The van der Waals surface area contributed by atoms with Crippen molar-refractivity contribution in [1.29, 1.82) is 0 Å². The van der Waals surface area contributed by atoms with Crippen LogP contribution >= 0.6 is 0 Å². The van der Waals surface area contributed by atoms with Crippen LogP contribution in [0.25, 0.3) is 22.3 Å². The second kappa shape index (κ2) is 7.03. The molecule has 32 heavy (non-hydrogen) atoms. The van der Waals surface area contributed by atoms with Crippen LogP contribution in [0.2, 0.25) is 0 Å². The number of fused-ring (bicyclic) bond motifs is 4. The molecular weight excluding hydrogens is 417 g/mol. The van der Waals surface area contributed by atoms with Crippen LogP contribution in [0.4, 0.5) is 10.1 Å². The second-order valence-corrected chi connectivity index (χ2v) is 8.36. The fraction of sp³-hybridized carbons (Fsp3) is 0.348. The van der Waals surface area contributed by atoms with E-state index in [2.05, 4.69) is 4.98 Å². The van der Waals surface area contributed by atoms with Gasteiger partial charge in [-0.25, -0.2) is 9.37 Å². The van der Waals surface area contributed by atoms with Crippen LogP contribution in [0.1, 0.15) is 42.5 Å². The number of benzene rings is 1. The summed E-state index contributed by atoms with van der Waals surface area (Å²) in [4.78, 5) is 28.9. The van der Waals surface area contributed by atoms with Crippen molar-refractivity contribution < 1.29 is 23.8 Å². The minimum atomic E-state index is -1.31. The number of anilines is 1. The SMILES string of the molecule is CCC(C)(O)c1cc2n(c(=O)c1COC=O)Cc1c-2nc2cc(F)c(N)c3c2c1CCO3. The third kappa shape index (κ3) is 2.74. The van der Waals surface area contributed by atoms with E-state index >= 15 is 0 Å². The minimum Gasteiger partial charge on any atom is -0.490 e. The Balaban J connectivity index is 1.82. The molecule has 2 aliphatic heterocycles. The number of hydrogen-bond acceptors (Lipinski definition) is 7. The highest BCUT2D eigenvalue weighted by atomic mass is 19.1. The van der Waals surface area contributed by atoms with Gasteiger partial charge in [0.15, 0.2) is 11.6 Å². The van der Waals surface area contributed by atoms with Gasteiger partial charge in [0.1, 0.15) is 12.3 Å². The molecule has 2 aromatic heterocycles. The summed E-state index contributed by atoms with van der Waals surface area (Å²) in [5, 5.41) is 11.6. The smallest absolute Gasteiger partial charge is 0.293 e. The summed E-state index contributed by atoms with van der Waals surface area (Å²) in [6, 6.07) is 3.00.